The normalized spacial score (nSPS) is 12.5. The Hall–Kier alpha value is -2.75. The third-order valence-electron chi connectivity index (χ3n) is 4.53. The number of carboxylic acids is 1. The van der Waals surface area contributed by atoms with Crippen LogP contribution in [0.25, 0.3) is 11.1 Å². The molecule has 4 heteroatoms. The molecule has 124 valence electrons. The van der Waals surface area contributed by atoms with E-state index in [1.807, 2.05) is 42.5 Å². The van der Waals surface area contributed by atoms with Crippen molar-refractivity contribution in [2.75, 3.05) is 0 Å². The minimum Gasteiger partial charge on any atom is -0.475 e. The fraction of sp³-hybridized carbons (Fsp3) is 0.250. The van der Waals surface area contributed by atoms with Crippen LogP contribution < -0.4 is 0 Å². The van der Waals surface area contributed by atoms with E-state index in [4.69, 9.17) is 5.11 Å². The highest BCUT2D eigenvalue weighted by Gasteiger charge is 2.40. The lowest BCUT2D eigenvalue weighted by Crippen LogP contribution is -2.39. The first kappa shape index (κ1) is 17.6. The van der Waals surface area contributed by atoms with Crippen LogP contribution in [0.1, 0.15) is 31.1 Å². The van der Waals surface area contributed by atoms with Crippen molar-refractivity contribution in [1.29, 1.82) is 0 Å². The minimum atomic E-state index is -1.51. The summed E-state index contributed by atoms with van der Waals surface area (Å²) in [4.78, 5) is 35.3. The highest BCUT2D eigenvalue weighted by molar-refractivity contribution is 6.34. The lowest BCUT2D eigenvalue weighted by atomic mass is 9.72. The van der Waals surface area contributed by atoms with Crippen molar-refractivity contribution in [3.8, 4) is 11.1 Å². The molecule has 0 aliphatic rings. The summed E-state index contributed by atoms with van der Waals surface area (Å²) in [5, 5.41) is 8.87. The van der Waals surface area contributed by atoms with Gasteiger partial charge < -0.3 is 5.11 Å². The molecule has 4 nitrogen and oxygen atoms in total. The molecule has 0 bridgehead atoms. The smallest absolute Gasteiger partial charge is 0.372 e. The van der Waals surface area contributed by atoms with Crippen LogP contribution in [-0.2, 0) is 9.59 Å². The molecule has 0 fully saturated rings. The fourth-order valence-corrected chi connectivity index (χ4v) is 2.53. The number of hydrogen-bond acceptors (Lipinski definition) is 3. The largest absolute Gasteiger partial charge is 0.475 e. The average Bonchev–Trinajstić information content (AvgIpc) is 2.60. The van der Waals surface area contributed by atoms with E-state index in [0.29, 0.717) is 5.56 Å². The summed E-state index contributed by atoms with van der Waals surface area (Å²) in [7, 11) is 0. The van der Waals surface area contributed by atoms with Gasteiger partial charge in [0.25, 0.3) is 0 Å². The maximum Gasteiger partial charge on any atom is 0.372 e. The maximum atomic E-state index is 12.7. The number of benzene rings is 2. The number of carbonyl (C=O) groups is 3. The van der Waals surface area contributed by atoms with E-state index in [2.05, 4.69) is 0 Å². The van der Waals surface area contributed by atoms with E-state index in [1.54, 1.807) is 26.0 Å². The Morgan fingerprint density at radius 1 is 0.875 bits per heavy atom. The van der Waals surface area contributed by atoms with E-state index < -0.39 is 23.1 Å². The molecule has 2 aromatic carbocycles. The van der Waals surface area contributed by atoms with Crippen LogP contribution in [0, 0.1) is 11.3 Å². The highest BCUT2D eigenvalue weighted by Crippen LogP contribution is 2.32. The first-order valence-corrected chi connectivity index (χ1v) is 7.72. The van der Waals surface area contributed by atoms with Gasteiger partial charge in [0.05, 0.1) is 0 Å². The van der Waals surface area contributed by atoms with Crippen LogP contribution in [0.5, 0.6) is 0 Å². The molecule has 0 spiro atoms. The van der Waals surface area contributed by atoms with Crippen LogP contribution in [-0.4, -0.2) is 22.6 Å². The van der Waals surface area contributed by atoms with Gasteiger partial charge in [-0.15, -0.1) is 0 Å². The van der Waals surface area contributed by atoms with Gasteiger partial charge in [-0.2, -0.15) is 0 Å². The van der Waals surface area contributed by atoms with E-state index in [0.717, 1.165) is 11.1 Å². The number of ketones is 2. The molecule has 1 N–H and O–H groups in total. The van der Waals surface area contributed by atoms with E-state index >= 15 is 0 Å². The van der Waals surface area contributed by atoms with Crippen LogP contribution in [0.3, 0.4) is 0 Å². The lowest BCUT2D eigenvalue weighted by molar-refractivity contribution is -0.152. The zero-order valence-electron chi connectivity index (χ0n) is 13.9. The van der Waals surface area contributed by atoms with Crippen LogP contribution in [0.2, 0.25) is 0 Å². The minimum absolute atomic E-state index is 0.246. The predicted molar refractivity (Wildman–Crippen MR) is 91.8 cm³/mol. The second-order valence-corrected chi connectivity index (χ2v) is 6.39. The lowest BCUT2D eigenvalue weighted by Gasteiger charge is -2.28. The Morgan fingerprint density at radius 3 is 1.88 bits per heavy atom. The third-order valence-corrected chi connectivity index (χ3v) is 4.53. The Bertz CT molecular complexity index is 758. The van der Waals surface area contributed by atoms with E-state index in [1.165, 1.54) is 6.92 Å². The first-order valence-electron chi connectivity index (χ1n) is 7.72. The molecule has 0 aliphatic heterocycles. The Kier molecular flexibility index (Phi) is 4.98. The van der Waals surface area contributed by atoms with Crippen molar-refractivity contribution in [2.24, 2.45) is 11.3 Å². The maximum absolute atomic E-state index is 12.7. The highest BCUT2D eigenvalue weighted by atomic mass is 16.4. The van der Waals surface area contributed by atoms with Gasteiger partial charge in [-0.25, -0.2) is 4.79 Å². The number of rotatable bonds is 6. The molecule has 0 saturated heterocycles. The molecular formula is C20H20O4. The molecule has 0 aliphatic carbocycles. The summed E-state index contributed by atoms with van der Waals surface area (Å²) in [6.45, 7) is 4.69. The standard InChI is InChI=1S/C20H20O4/c1-13(17(21)19(23)24)20(2,3)18(22)16-11-9-15(10-12-16)14-7-5-4-6-8-14/h4-13H,1-3H3,(H,23,24). The molecule has 0 saturated carbocycles. The van der Waals surface area contributed by atoms with Gasteiger partial charge >= 0.3 is 5.97 Å². The fourth-order valence-electron chi connectivity index (χ4n) is 2.53. The molecule has 0 heterocycles. The van der Waals surface area contributed by atoms with Crippen molar-refractivity contribution >= 4 is 17.5 Å². The molecule has 0 radical (unpaired) electrons. The molecular weight excluding hydrogens is 304 g/mol. The number of hydrogen-bond donors (Lipinski definition) is 1. The Labute approximate surface area is 141 Å². The quantitative estimate of drug-likeness (QED) is 0.647. The Morgan fingerprint density at radius 2 is 1.38 bits per heavy atom. The predicted octanol–water partition coefficient (Wildman–Crippen LogP) is 3.85. The summed E-state index contributed by atoms with van der Waals surface area (Å²) in [5.41, 5.74) is 1.40. The summed E-state index contributed by atoms with van der Waals surface area (Å²) in [6.07, 6.45) is 0. The average molecular weight is 324 g/mol. The zero-order valence-corrected chi connectivity index (χ0v) is 13.9. The number of Topliss-reactive ketones (excluding diaryl/α,β-unsaturated/α-hetero) is 2. The summed E-state index contributed by atoms with van der Waals surface area (Å²) in [5.74, 6) is -3.61. The van der Waals surface area contributed by atoms with Gasteiger partial charge in [0, 0.05) is 16.9 Å². The Balaban J connectivity index is 2.26. The molecule has 1 atom stereocenters. The van der Waals surface area contributed by atoms with Crippen molar-refractivity contribution in [3.63, 3.8) is 0 Å². The molecule has 2 rings (SSSR count). The number of carboxylic acid groups (broad SMARTS) is 1. The summed E-state index contributed by atoms with van der Waals surface area (Å²) in [6, 6.07) is 16.9. The molecule has 0 aromatic heterocycles. The second-order valence-electron chi connectivity index (χ2n) is 6.39. The van der Waals surface area contributed by atoms with Crippen LogP contribution in [0.4, 0.5) is 0 Å². The zero-order chi connectivity index (χ0) is 17.9. The van der Waals surface area contributed by atoms with Crippen molar-refractivity contribution < 1.29 is 19.5 Å². The molecule has 0 amide bonds. The topological polar surface area (TPSA) is 71.4 Å². The van der Waals surface area contributed by atoms with Gasteiger partial charge in [0.2, 0.25) is 5.78 Å². The van der Waals surface area contributed by atoms with Gasteiger partial charge in [0.1, 0.15) is 0 Å². The van der Waals surface area contributed by atoms with Crippen molar-refractivity contribution in [2.45, 2.75) is 20.8 Å². The first-order chi connectivity index (χ1) is 11.2. The SMILES string of the molecule is CC(C(=O)C(=O)O)C(C)(C)C(=O)c1ccc(-c2ccccc2)cc1. The van der Waals surface area contributed by atoms with Gasteiger partial charge in [-0.05, 0) is 11.1 Å². The van der Waals surface area contributed by atoms with Gasteiger partial charge in [-0.1, -0.05) is 75.4 Å². The van der Waals surface area contributed by atoms with Gasteiger partial charge in [0.15, 0.2) is 5.78 Å². The van der Waals surface area contributed by atoms with Crippen molar-refractivity contribution in [1.82, 2.24) is 0 Å². The van der Waals surface area contributed by atoms with Crippen LogP contribution >= 0.6 is 0 Å². The molecule has 2 aromatic rings. The van der Waals surface area contributed by atoms with Crippen molar-refractivity contribution in [3.05, 3.63) is 60.2 Å². The summed E-state index contributed by atoms with van der Waals surface area (Å²) >= 11 is 0. The molecule has 1 unspecified atom stereocenters. The van der Waals surface area contributed by atoms with E-state index in [9.17, 15) is 14.4 Å². The monoisotopic (exact) mass is 324 g/mol. The van der Waals surface area contributed by atoms with Crippen LogP contribution in [0.15, 0.2) is 54.6 Å². The third kappa shape index (κ3) is 3.43. The molecule has 24 heavy (non-hydrogen) atoms. The van der Waals surface area contributed by atoms with Gasteiger partial charge in [-0.3, -0.25) is 9.59 Å². The number of carbonyl (C=O) groups excluding carboxylic acids is 2. The second kappa shape index (κ2) is 6.79. The van der Waals surface area contributed by atoms with E-state index in [-0.39, 0.29) is 5.78 Å². The summed E-state index contributed by atoms with van der Waals surface area (Å²) < 4.78 is 0. The number of aliphatic carboxylic acids is 1.